The molecule has 0 fully saturated rings. The number of rotatable bonds is 3. The topological polar surface area (TPSA) is 117 Å². The van der Waals surface area contributed by atoms with Crippen LogP contribution in [0, 0.1) is 5.82 Å². The number of carbonyl (C=O) groups is 2. The van der Waals surface area contributed by atoms with Crippen LogP contribution in [0.2, 0.25) is 0 Å². The van der Waals surface area contributed by atoms with Crippen molar-refractivity contribution < 1.29 is 28.6 Å². The normalized spacial score (nSPS) is 11.3. The Labute approximate surface area is 162 Å². The Kier molecular flexibility index (Phi) is 4.40. The first-order chi connectivity index (χ1) is 14.0. The summed E-state index contributed by atoms with van der Waals surface area (Å²) in [6.45, 7) is 0. The lowest BCUT2D eigenvalue weighted by atomic mass is 10.1. The van der Waals surface area contributed by atoms with Crippen molar-refractivity contribution in [2.24, 2.45) is 10.2 Å². The van der Waals surface area contributed by atoms with Crippen LogP contribution in [0.15, 0.2) is 75.5 Å². The fraction of sp³-hybridized carbons (Fsp3) is 0. The molecule has 29 heavy (non-hydrogen) atoms. The number of azo groups is 1. The van der Waals surface area contributed by atoms with Gasteiger partial charge in [0.05, 0.1) is 12.0 Å². The molecule has 2 amide bonds. The Morgan fingerprint density at radius 1 is 0.897 bits per heavy atom. The number of fused-ring (bicyclic) bond motifs is 1. The summed E-state index contributed by atoms with van der Waals surface area (Å²) in [6.07, 6.45) is 1.29. The predicted octanol–water partition coefficient (Wildman–Crippen LogP) is 4.21. The number of amides is 2. The summed E-state index contributed by atoms with van der Waals surface area (Å²) in [6, 6.07) is 12.1. The molecule has 9 heteroatoms. The minimum Gasteiger partial charge on any atom is -0.494 e. The number of benzene rings is 2. The number of hydrogen-bond donors (Lipinski definition) is 2. The molecule has 0 unspecified atom stereocenters. The second-order valence-corrected chi connectivity index (χ2v) is 6.01. The third-order valence-corrected chi connectivity index (χ3v) is 4.22. The Morgan fingerprint density at radius 2 is 1.59 bits per heavy atom. The molecule has 0 aliphatic heterocycles. The van der Waals surface area contributed by atoms with Crippen molar-refractivity contribution >= 4 is 22.6 Å². The molecule has 2 heterocycles. The van der Waals surface area contributed by atoms with E-state index in [1.807, 2.05) is 0 Å². The molecule has 4 rings (SSSR count). The number of carbonyl (C=O) groups excluding carboxylic acids is 2. The van der Waals surface area contributed by atoms with Crippen molar-refractivity contribution in [1.29, 1.82) is 0 Å². The van der Waals surface area contributed by atoms with Gasteiger partial charge in [0.25, 0.3) is 5.91 Å². The summed E-state index contributed by atoms with van der Waals surface area (Å²) in [5, 5.41) is 28.1. The summed E-state index contributed by atoms with van der Waals surface area (Å²) in [5.41, 5.74) is 0.370. The average Bonchev–Trinajstić information content (AvgIpc) is 3.35. The third-order valence-electron chi connectivity index (χ3n) is 4.22. The maximum Gasteiger partial charge on any atom is 0.331 e. The van der Waals surface area contributed by atoms with Crippen LogP contribution in [0.1, 0.15) is 20.9 Å². The molecule has 0 saturated carbocycles. The van der Waals surface area contributed by atoms with Gasteiger partial charge in [0.2, 0.25) is 11.8 Å². The lowest BCUT2D eigenvalue weighted by Gasteiger charge is -2.06. The lowest BCUT2D eigenvalue weighted by molar-refractivity contribution is 0.0931. The molecule has 0 spiro atoms. The molecule has 0 bridgehead atoms. The number of aromatic hydroxyl groups is 2. The molecule has 0 aliphatic carbocycles. The van der Waals surface area contributed by atoms with Crippen molar-refractivity contribution in [3.63, 3.8) is 0 Å². The maximum absolute atomic E-state index is 13.1. The highest BCUT2D eigenvalue weighted by molar-refractivity contribution is 6.03. The highest BCUT2D eigenvalue weighted by Crippen LogP contribution is 2.39. The van der Waals surface area contributed by atoms with Crippen LogP contribution in [0.25, 0.3) is 16.5 Å². The maximum atomic E-state index is 13.1. The standard InChI is InChI=1S/C20H12FN3O5/c21-12-4-6-13(7-5-12)24-19(27)14-8-3-11(10-15(14)20(24)28)17(25)22-23-18(26)16-2-1-9-29-16/h1-10,27-28H. The Morgan fingerprint density at radius 3 is 2.28 bits per heavy atom. The van der Waals surface area contributed by atoms with Crippen LogP contribution < -0.4 is 0 Å². The van der Waals surface area contributed by atoms with Gasteiger partial charge in [-0.05, 0) is 54.6 Å². The largest absolute Gasteiger partial charge is 0.494 e. The molecular weight excluding hydrogens is 381 g/mol. The zero-order valence-electron chi connectivity index (χ0n) is 14.6. The molecule has 2 aromatic heterocycles. The van der Waals surface area contributed by atoms with Gasteiger partial charge < -0.3 is 14.6 Å². The van der Waals surface area contributed by atoms with Crippen molar-refractivity contribution in [2.45, 2.75) is 0 Å². The summed E-state index contributed by atoms with van der Waals surface area (Å²) < 4.78 is 19.1. The number of hydrogen-bond acceptors (Lipinski definition) is 5. The molecule has 0 saturated heterocycles. The highest BCUT2D eigenvalue weighted by Gasteiger charge is 2.19. The number of aromatic nitrogens is 1. The van der Waals surface area contributed by atoms with Gasteiger partial charge in [-0.2, -0.15) is 0 Å². The Balaban J connectivity index is 1.69. The molecule has 0 atom stereocenters. The smallest absolute Gasteiger partial charge is 0.331 e. The minimum absolute atomic E-state index is 0.0417. The third kappa shape index (κ3) is 3.25. The van der Waals surface area contributed by atoms with Crippen molar-refractivity contribution in [2.75, 3.05) is 0 Å². The van der Waals surface area contributed by atoms with Gasteiger partial charge in [-0.1, -0.05) is 5.11 Å². The quantitative estimate of drug-likeness (QED) is 0.506. The van der Waals surface area contributed by atoms with Crippen LogP contribution in [0.5, 0.6) is 11.8 Å². The van der Waals surface area contributed by atoms with Crippen LogP contribution in [-0.2, 0) is 0 Å². The van der Waals surface area contributed by atoms with E-state index < -0.39 is 17.6 Å². The van der Waals surface area contributed by atoms with E-state index in [0.29, 0.717) is 5.69 Å². The first kappa shape index (κ1) is 18.1. The fourth-order valence-corrected chi connectivity index (χ4v) is 2.83. The van der Waals surface area contributed by atoms with Crippen LogP contribution >= 0.6 is 0 Å². The minimum atomic E-state index is -0.819. The van der Waals surface area contributed by atoms with Gasteiger partial charge >= 0.3 is 5.91 Å². The highest BCUT2D eigenvalue weighted by atomic mass is 19.1. The van der Waals surface area contributed by atoms with Crippen molar-refractivity contribution in [3.05, 3.63) is 78.0 Å². The fourth-order valence-electron chi connectivity index (χ4n) is 2.83. The Bertz CT molecular complexity index is 1260. The number of halogens is 1. The van der Waals surface area contributed by atoms with Crippen molar-refractivity contribution in [3.8, 4) is 17.4 Å². The van der Waals surface area contributed by atoms with Crippen LogP contribution in [0.4, 0.5) is 4.39 Å². The van der Waals surface area contributed by atoms with Crippen molar-refractivity contribution in [1.82, 2.24) is 4.57 Å². The second-order valence-electron chi connectivity index (χ2n) is 6.01. The Hall–Kier alpha value is -4.27. The van der Waals surface area contributed by atoms with Gasteiger partial charge in [0.15, 0.2) is 5.76 Å². The van der Waals surface area contributed by atoms with Gasteiger partial charge in [-0.25, -0.2) is 4.39 Å². The predicted molar refractivity (Wildman–Crippen MR) is 98.8 cm³/mol. The van der Waals surface area contributed by atoms with E-state index in [0.717, 1.165) is 4.57 Å². The average molecular weight is 393 g/mol. The first-order valence-corrected chi connectivity index (χ1v) is 8.32. The lowest BCUT2D eigenvalue weighted by Crippen LogP contribution is -1.96. The molecule has 8 nitrogen and oxygen atoms in total. The second kappa shape index (κ2) is 7.04. The van der Waals surface area contributed by atoms with Gasteiger partial charge in [-0.3, -0.25) is 14.2 Å². The summed E-state index contributed by atoms with van der Waals surface area (Å²) >= 11 is 0. The van der Waals surface area contributed by atoms with E-state index in [4.69, 9.17) is 4.42 Å². The van der Waals surface area contributed by atoms with E-state index in [9.17, 15) is 24.2 Å². The van der Waals surface area contributed by atoms with E-state index in [1.54, 1.807) is 0 Å². The molecule has 4 aromatic rings. The number of furan rings is 1. The monoisotopic (exact) mass is 393 g/mol. The summed E-state index contributed by atoms with van der Waals surface area (Å²) in [7, 11) is 0. The van der Waals surface area contributed by atoms with E-state index in [-0.39, 0.29) is 33.9 Å². The molecule has 2 aromatic carbocycles. The molecule has 2 N–H and O–H groups in total. The van der Waals surface area contributed by atoms with E-state index >= 15 is 0 Å². The van der Waals surface area contributed by atoms with Gasteiger partial charge in [0, 0.05) is 16.3 Å². The zero-order valence-corrected chi connectivity index (χ0v) is 14.6. The van der Waals surface area contributed by atoms with E-state index in [1.165, 1.54) is 60.9 Å². The SMILES string of the molecule is O=C(N=NC(=O)c1ccco1)c1ccc2c(O)n(-c3ccc(F)cc3)c(O)c2c1. The van der Waals surface area contributed by atoms with Crippen LogP contribution in [-0.4, -0.2) is 26.6 Å². The molecule has 0 aliphatic rings. The van der Waals surface area contributed by atoms with Crippen LogP contribution in [0.3, 0.4) is 0 Å². The first-order valence-electron chi connectivity index (χ1n) is 8.32. The summed E-state index contributed by atoms with van der Waals surface area (Å²) in [5.74, 6) is -2.78. The summed E-state index contributed by atoms with van der Waals surface area (Å²) in [4.78, 5) is 24.0. The van der Waals surface area contributed by atoms with E-state index in [2.05, 4.69) is 10.2 Å². The molecule has 144 valence electrons. The molecular formula is C20H12FN3O5. The number of nitrogens with zero attached hydrogens (tertiary/aromatic N) is 3. The van der Waals surface area contributed by atoms with Gasteiger partial charge in [-0.15, -0.1) is 5.11 Å². The molecule has 0 radical (unpaired) electrons. The zero-order chi connectivity index (χ0) is 20.5. The van der Waals surface area contributed by atoms with Gasteiger partial charge in [0.1, 0.15) is 5.82 Å².